The molecule has 1 fully saturated rings. The minimum atomic E-state index is 0.127. The molecular weight excluding hydrogens is 226 g/mol. The van der Waals surface area contributed by atoms with Gasteiger partial charge in [0, 0.05) is 32.1 Å². The Labute approximate surface area is 110 Å². The lowest BCUT2D eigenvalue weighted by Crippen LogP contribution is -2.40. The Hall–Kier alpha value is -1.08. The van der Waals surface area contributed by atoms with Gasteiger partial charge in [0.05, 0.1) is 12.0 Å². The predicted octanol–water partition coefficient (Wildman–Crippen LogP) is 1.92. The van der Waals surface area contributed by atoms with Crippen LogP contribution in [-0.2, 0) is 4.79 Å². The van der Waals surface area contributed by atoms with Crippen molar-refractivity contribution in [2.24, 2.45) is 5.92 Å². The van der Waals surface area contributed by atoms with Gasteiger partial charge in [-0.1, -0.05) is 12.8 Å². The monoisotopic (exact) mass is 251 g/mol. The van der Waals surface area contributed by atoms with Crippen molar-refractivity contribution in [3.05, 3.63) is 0 Å². The zero-order valence-electron chi connectivity index (χ0n) is 11.6. The fourth-order valence-corrected chi connectivity index (χ4v) is 2.63. The first-order valence-corrected chi connectivity index (χ1v) is 7.13. The van der Waals surface area contributed by atoms with Crippen molar-refractivity contribution in [2.75, 3.05) is 19.6 Å². The average molecular weight is 251 g/mol. The van der Waals surface area contributed by atoms with Gasteiger partial charge in [0.15, 0.2) is 0 Å². The van der Waals surface area contributed by atoms with Crippen molar-refractivity contribution in [1.82, 2.24) is 10.2 Å². The van der Waals surface area contributed by atoms with Gasteiger partial charge in [0.1, 0.15) is 0 Å². The first-order valence-electron chi connectivity index (χ1n) is 7.13. The molecule has 4 nitrogen and oxygen atoms in total. The molecule has 1 saturated carbocycles. The highest BCUT2D eigenvalue weighted by atomic mass is 16.2. The molecule has 0 radical (unpaired) electrons. The van der Waals surface area contributed by atoms with Gasteiger partial charge in [-0.05, 0) is 26.7 Å². The standard InChI is InChI=1S/C14H25N3O/c1-3-17(4-2)14(18)9-10-16-13-8-6-5-7-12(13)11-15/h12-13,16H,3-10H2,1-2H3. The molecule has 0 aromatic rings. The van der Waals surface area contributed by atoms with Gasteiger partial charge in [0.25, 0.3) is 0 Å². The third-order valence-corrected chi connectivity index (χ3v) is 3.79. The Bertz CT molecular complexity index is 294. The number of nitrogens with one attached hydrogen (secondary N) is 1. The molecule has 0 heterocycles. The molecule has 2 unspecified atom stereocenters. The highest BCUT2D eigenvalue weighted by Gasteiger charge is 2.24. The topological polar surface area (TPSA) is 56.1 Å². The molecule has 1 aliphatic carbocycles. The van der Waals surface area contributed by atoms with Crippen molar-refractivity contribution in [2.45, 2.75) is 52.0 Å². The van der Waals surface area contributed by atoms with E-state index in [9.17, 15) is 4.79 Å². The average Bonchev–Trinajstić information content (AvgIpc) is 2.40. The van der Waals surface area contributed by atoms with Crippen molar-refractivity contribution in [1.29, 1.82) is 5.26 Å². The number of amides is 1. The van der Waals surface area contributed by atoms with Crippen molar-refractivity contribution < 1.29 is 4.79 Å². The molecule has 102 valence electrons. The van der Waals surface area contributed by atoms with E-state index in [1.165, 1.54) is 6.42 Å². The summed E-state index contributed by atoms with van der Waals surface area (Å²) in [5, 5.41) is 12.5. The zero-order chi connectivity index (χ0) is 13.4. The minimum Gasteiger partial charge on any atom is -0.343 e. The van der Waals surface area contributed by atoms with Crippen molar-refractivity contribution in [3.63, 3.8) is 0 Å². The van der Waals surface area contributed by atoms with Crippen LogP contribution < -0.4 is 5.32 Å². The second kappa shape index (κ2) is 8.10. The van der Waals surface area contributed by atoms with Crippen molar-refractivity contribution >= 4 is 5.91 Å². The smallest absolute Gasteiger partial charge is 0.223 e. The fraction of sp³-hybridized carbons (Fsp3) is 0.857. The highest BCUT2D eigenvalue weighted by molar-refractivity contribution is 5.76. The first-order chi connectivity index (χ1) is 8.72. The van der Waals surface area contributed by atoms with Crippen LogP contribution in [0.4, 0.5) is 0 Å². The van der Waals surface area contributed by atoms with Crippen LogP contribution in [0.3, 0.4) is 0 Å². The van der Waals surface area contributed by atoms with E-state index in [-0.39, 0.29) is 17.9 Å². The Balaban J connectivity index is 2.28. The van der Waals surface area contributed by atoms with Crippen LogP contribution in [0.2, 0.25) is 0 Å². The number of hydrogen-bond acceptors (Lipinski definition) is 3. The molecule has 18 heavy (non-hydrogen) atoms. The second-order valence-corrected chi connectivity index (χ2v) is 4.90. The van der Waals surface area contributed by atoms with Gasteiger partial charge in [0.2, 0.25) is 5.91 Å². The molecule has 1 rings (SSSR count). The van der Waals surface area contributed by atoms with E-state index in [1.807, 2.05) is 18.7 Å². The third kappa shape index (κ3) is 4.30. The molecule has 0 aliphatic heterocycles. The molecule has 0 bridgehead atoms. The molecule has 1 N–H and O–H groups in total. The van der Waals surface area contributed by atoms with Gasteiger partial charge in [-0.25, -0.2) is 0 Å². The van der Waals surface area contributed by atoms with Crippen LogP contribution in [-0.4, -0.2) is 36.5 Å². The molecule has 0 spiro atoms. The summed E-state index contributed by atoms with van der Waals surface area (Å²) >= 11 is 0. The minimum absolute atomic E-state index is 0.127. The van der Waals surface area contributed by atoms with Gasteiger partial charge in [-0.15, -0.1) is 0 Å². The molecule has 0 aromatic heterocycles. The summed E-state index contributed by atoms with van der Waals surface area (Å²) in [5.41, 5.74) is 0. The molecule has 0 saturated heterocycles. The molecule has 1 aliphatic rings. The van der Waals surface area contributed by atoms with Crippen LogP contribution in [0.15, 0.2) is 0 Å². The zero-order valence-corrected chi connectivity index (χ0v) is 11.6. The van der Waals surface area contributed by atoms with Gasteiger partial charge in [-0.3, -0.25) is 4.79 Å². The lowest BCUT2D eigenvalue weighted by Gasteiger charge is -2.28. The summed E-state index contributed by atoms with van der Waals surface area (Å²) in [4.78, 5) is 13.7. The highest BCUT2D eigenvalue weighted by Crippen LogP contribution is 2.23. The van der Waals surface area contributed by atoms with Crippen LogP contribution in [0.25, 0.3) is 0 Å². The maximum absolute atomic E-state index is 11.8. The second-order valence-electron chi connectivity index (χ2n) is 4.90. The molecule has 1 amide bonds. The molecule has 0 aromatic carbocycles. The van der Waals surface area contributed by atoms with Crippen LogP contribution in [0.1, 0.15) is 46.0 Å². The summed E-state index contributed by atoms with van der Waals surface area (Å²) in [6.07, 6.45) is 4.96. The Morgan fingerprint density at radius 3 is 2.61 bits per heavy atom. The Morgan fingerprint density at radius 2 is 2.00 bits per heavy atom. The van der Waals surface area contributed by atoms with Gasteiger partial charge < -0.3 is 10.2 Å². The summed E-state index contributed by atoms with van der Waals surface area (Å²) in [6, 6.07) is 2.66. The number of rotatable bonds is 6. The maximum atomic E-state index is 11.8. The SMILES string of the molecule is CCN(CC)C(=O)CCNC1CCCCC1C#N. The lowest BCUT2D eigenvalue weighted by molar-refractivity contribution is -0.130. The number of nitriles is 1. The van der Waals surface area contributed by atoms with Gasteiger partial charge in [-0.2, -0.15) is 5.26 Å². The van der Waals surface area contributed by atoms with E-state index in [1.54, 1.807) is 0 Å². The summed E-state index contributed by atoms with van der Waals surface area (Å²) in [7, 11) is 0. The van der Waals surface area contributed by atoms with Crippen molar-refractivity contribution in [3.8, 4) is 6.07 Å². The van der Waals surface area contributed by atoms with Crippen LogP contribution in [0.5, 0.6) is 0 Å². The third-order valence-electron chi connectivity index (χ3n) is 3.79. The number of carbonyl (C=O) groups is 1. The Morgan fingerprint density at radius 1 is 1.33 bits per heavy atom. The molecule has 2 atom stereocenters. The first kappa shape index (κ1) is 15.0. The number of nitrogens with zero attached hydrogens (tertiary/aromatic N) is 2. The maximum Gasteiger partial charge on any atom is 0.223 e. The van der Waals surface area contributed by atoms with E-state index in [0.29, 0.717) is 13.0 Å². The fourth-order valence-electron chi connectivity index (χ4n) is 2.63. The summed E-state index contributed by atoms with van der Waals surface area (Å²) < 4.78 is 0. The Kier molecular flexibility index (Phi) is 6.74. The molecular formula is C14H25N3O. The quantitative estimate of drug-likeness (QED) is 0.784. The number of hydrogen-bond donors (Lipinski definition) is 1. The van der Waals surface area contributed by atoms with E-state index >= 15 is 0 Å². The van der Waals surface area contributed by atoms with E-state index < -0.39 is 0 Å². The van der Waals surface area contributed by atoms with E-state index in [4.69, 9.17) is 5.26 Å². The van der Waals surface area contributed by atoms with Gasteiger partial charge >= 0.3 is 0 Å². The molecule has 4 heteroatoms. The predicted molar refractivity (Wildman–Crippen MR) is 71.9 cm³/mol. The summed E-state index contributed by atoms with van der Waals surface area (Å²) in [5.74, 6) is 0.333. The van der Waals surface area contributed by atoms with E-state index in [2.05, 4.69) is 11.4 Å². The lowest BCUT2D eigenvalue weighted by atomic mass is 9.85. The largest absolute Gasteiger partial charge is 0.343 e. The summed E-state index contributed by atoms with van der Waals surface area (Å²) in [6.45, 7) is 6.25. The van der Waals surface area contributed by atoms with Crippen LogP contribution >= 0.6 is 0 Å². The normalized spacial score (nSPS) is 23.4. The van der Waals surface area contributed by atoms with Crippen LogP contribution in [0, 0.1) is 17.2 Å². The van der Waals surface area contributed by atoms with E-state index in [0.717, 1.165) is 32.4 Å². The number of carbonyl (C=O) groups excluding carboxylic acids is 1.